The summed E-state index contributed by atoms with van der Waals surface area (Å²) in [6.07, 6.45) is 2.27. The van der Waals surface area contributed by atoms with E-state index in [1.165, 1.54) is 0 Å². The van der Waals surface area contributed by atoms with Crippen LogP contribution in [0.4, 0.5) is 0 Å². The zero-order valence-corrected chi connectivity index (χ0v) is 15.8. The summed E-state index contributed by atoms with van der Waals surface area (Å²) in [7, 11) is -1.46. The van der Waals surface area contributed by atoms with Crippen LogP contribution in [0.2, 0.25) is 0 Å². The summed E-state index contributed by atoms with van der Waals surface area (Å²) in [6, 6.07) is 9.69. The van der Waals surface area contributed by atoms with Gasteiger partial charge in [0.25, 0.3) is 0 Å². The van der Waals surface area contributed by atoms with Gasteiger partial charge in [-0.15, -0.1) is 0 Å². The maximum Gasteiger partial charge on any atom is 0.226 e. The van der Waals surface area contributed by atoms with Crippen LogP contribution in [0.3, 0.4) is 0 Å². The van der Waals surface area contributed by atoms with Crippen LogP contribution in [0.25, 0.3) is 11.5 Å². The number of hydrogen-bond donors (Lipinski definition) is 3. The van der Waals surface area contributed by atoms with Gasteiger partial charge in [0.05, 0.1) is 18.0 Å². The van der Waals surface area contributed by atoms with Gasteiger partial charge in [0, 0.05) is 25.7 Å². The third-order valence-electron chi connectivity index (χ3n) is 3.58. The summed E-state index contributed by atoms with van der Waals surface area (Å²) >= 11 is 0. The third-order valence-corrected chi connectivity index (χ3v) is 4.99. The molecule has 0 saturated heterocycles. The van der Waals surface area contributed by atoms with E-state index in [0.717, 1.165) is 11.3 Å². The summed E-state index contributed by atoms with van der Waals surface area (Å²) in [5.41, 5.74) is 1.69. The molecule has 9 heteroatoms. The first kappa shape index (κ1) is 19.9. The van der Waals surface area contributed by atoms with Crippen LogP contribution < -0.4 is 15.4 Å². The Balaban J connectivity index is 1.73. The fourth-order valence-electron chi connectivity index (χ4n) is 2.12. The lowest BCUT2D eigenvalue weighted by Gasteiger charge is -2.11. The lowest BCUT2D eigenvalue weighted by molar-refractivity contribution is 0.572. The standard InChI is InChI=1S/C17H25N5O3S/c1-3-26(23,24)21-11-7-10-19-17(18-2)20-12-15-13-25-16(22-15)14-8-5-4-6-9-14/h4-6,8-9,13,21H,3,7,10-12H2,1-2H3,(H2,18,19,20). The summed E-state index contributed by atoms with van der Waals surface area (Å²) in [4.78, 5) is 8.57. The summed E-state index contributed by atoms with van der Waals surface area (Å²) < 4.78 is 30.7. The molecule has 2 aromatic rings. The Morgan fingerprint density at radius 3 is 2.65 bits per heavy atom. The predicted molar refractivity (Wildman–Crippen MR) is 102 cm³/mol. The molecule has 0 atom stereocenters. The van der Waals surface area contributed by atoms with Crippen molar-refractivity contribution in [1.29, 1.82) is 0 Å². The molecule has 0 aliphatic rings. The summed E-state index contributed by atoms with van der Waals surface area (Å²) in [6.45, 7) is 3.07. The van der Waals surface area contributed by atoms with Crippen LogP contribution >= 0.6 is 0 Å². The van der Waals surface area contributed by atoms with Gasteiger partial charge >= 0.3 is 0 Å². The Hall–Kier alpha value is -2.39. The smallest absolute Gasteiger partial charge is 0.226 e. The number of hydrogen-bond acceptors (Lipinski definition) is 5. The first-order valence-electron chi connectivity index (χ1n) is 8.45. The Bertz CT molecular complexity index is 803. The molecule has 142 valence electrons. The van der Waals surface area contributed by atoms with Crippen LogP contribution in [0.1, 0.15) is 19.0 Å². The number of nitrogens with zero attached hydrogens (tertiary/aromatic N) is 2. The first-order valence-corrected chi connectivity index (χ1v) is 10.1. The molecule has 2 rings (SSSR count). The highest BCUT2D eigenvalue weighted by atomic mass is 32.2. The molecule has 1 aromatic heterocycles. The van der Waals surface area contributed by atoms with Gasteiger partial charge in [0.15, 0.2) is 5.96 Å². The molecule has 3 N–H and O–H groups in total. The predicted octanol–water partition coefficient (Wildman–Crippen LogP) is 1.34. The number of oxazole rings is 1. The normalized spacial score (nSPS) is 12.2. The van der Waals surface area contributed by atoms with E-state index in [1.807, 2.05) is 30.3 Å². The largest absolute Gasteiger partial charge is 0.444 e. The maximum absolute atomic E-state index is 11.3. The Morgan fingerprint density at radius 1 is 1.19 bits per heavy atom. The van der Waals surface area contributed by atoms with Gasteiger partial charge in [-0.2, -0.15) is 0 Å². The molecular weight excluding hydrogens is 354 g/mol. The van der Waals surface area contributed by atoms with Gasteiger partial charge < -0.3 is 15.1 Å². The van der Waals surface area contributed by atoms with Gasteiger partial charge in [-0.25, -0.2) is 18.1 Å². The minimum atomic E-state index is -3.13. The highest BCUT2D eigenvalue weighted by molar-refractivity contribution is 7.89. The molecule has 1 heterocycles. The van der Waals surface area contributed by atoms with Gasteiger partial charge in [-0.05, 0) is 25.5 Å². The highest BCUT2D eigenvalue weighted by Crippen LogP contribution is 2.17. The number of rotatable bonds is 9. The minimum absolute atomic E-state index is 0.0896. The quantitative estimate of drug-likeness (QED) is 0.345. The van der Waals surface area contributed by atoms with Crippen molar-refractivity contribution in [2.45, 2.75) is 19.9 Å². The molecule has 0 aliphatic heterocycles. The van der Waals surface area contributed by atoms with E-state index in [1.54, 1.807) is 20.2 Å². The summed E-state index contributed by atoms with van der Waals surface area (Å²) in [5.74, 6) is 1.29. The minimum Gasteiger partial charge on any atom is -0.444 e. The molecule has 0 spiro atoms. The van der Waals surface area contributed by atoms with E-state index >= 15 is 0 Å². The topological polar surface area (TPSA) is 109 Å². The van der Waals surface area contributed by atoms with Crippen LogP contribution in [0, 0.1) is 0 Å². The van der Waals surface area contributed by atoms with Crippen molar-refractivity contribution < 1.29 is 12.8 Å². The molecule has 0 bridgehead atoms. The lowest BCUT2D eigenvalue weighted by Crippen LogP contribution is -2.38. The summed E-state index contributed by atoms with van der Waals surface area (Å²) in [5, 5.41) is 6.27. The second-order valence-electron chi connectivity index (χ2n) is 5.51. The molecule has 0 amide bonds. The molecule has 0 unspecified atom stereocenters. The molecule has 0 saturated carbocycles. The molecule has 0 fully saturated rings. The van der Waals surface area contributed by atoms with E-state index in [-0.39, 0.29) is 5.75 Å². The fourth-order valence-corrected chi connectivity index (χ4v) is 2.78. The second-order valence-corrected chi connectivity index (χ2v) is 7.61. The Kier molecular flexibility index (Phi) is 7.61. The van der Waals surface area contributed by atoms with Crippen molar-refractivity contribution in [2.24, 2.45) is 4.99 Å². The van der Waals surface area contributed by atoms with Crippen LogP contribution in [0.5, 0.6) is 0 Å². The highest BCUT2D eigenvalue weighted by Gasteiger charge is 2.07. The van der Waals surface area contributed by atoms with Crippen molar-refractivity contribution in [3.05, 3.63) is 42.3 Å². The fraction of sp³-hybridized carbons (Fsp3) is 0.412. The Morgan fingerprint density at radius 2 is 1.96 bits per heavy atom. The van der Waals surface area contributed by atoms with Gasteiger partial charge in [0.1, 0.15) is 6.26 Å². The number of sulfonamides is 1. The number of aliphatic imine (C=N–C) groups is 1. The molecular formula is C17H25N5O3S. The average molecular weight is 379 g/mol. The van der Waals surface area contributed by atoms with E-state index in [9.17, 15) is 8.42 Å². The van der Waals surface area contributed by atoms with Crippen molar-refractivity contribution >= 4 is 16.0 Å². The zero-order chi connectivity index (χ0) is 18.8. The first-order chi connectivity index (χ1) is 12.5. The van der Waals surface area contributed by atoms with Crippen molar-refractivity contribution in [2.75, 3.05) is 25.9 Å². The van der Waals surface area contributed by atoms with Crippen LogP contribution in [-0.2, 0) is 16.6 Å². The van der Waals surface area contributed by atoms with E-state index < -0.39 is 10.0 Å². The Labute approximate surface area is 154 Å². The monoisotopic (exact) mass is 379 g/mol. The zero-order valence-electron chi connectivity index (χ0n) is 15.0. The van der Waals surface area contributed by atoms with E-state index in [0.29, 0.717) is 37.9 Å². The number of guanidine groups is 1. The van der Waals surface area contributed by atoms with Crippen molar-refractivity contribution in [1.82, 2.24) is 20.3 Å². The number of nitrogens with one attached hydrogen (secondary N) is 3. The van der Waals surface area contributed by atoms with Crippen molar-refractivity contribution in [3.63, 3.8) is 0 Å². The molecule has 0 aliphatic carbocycles. The molecule has 1 aromatic carbocycles. The van der Waals surface area contributed by atoms with Crippen LogP contribution in [0.15, 0.2) is 46.0 Å². The molecule has 0 radical (unpaired) electrons. The van der Waals surface area contributed by atoms with E-state index in [4.69, 9.17) is 4.42 Å². The van der Waals surface area contributed by atoms with Crippen molar-refractivity contribution in [3.8, 4) is 11.5 Å². The lowest BCUT2D eigenvalue weighted by atomic mass is 10.2. The number of aromatic nitrogens is 1. The maximum atomic E-state index is 11.3. The van der Waals surface area contributed by atoms with Crippen LogP contribution in [-0.4, -0.2) is 45.3 Å². The third kappa shape index (κ3) is 6.49. The average Bonchev–Trinajstić information content (AvgIpc) is 3.13. The SMILES string of the molecule is CCS(=O)(=O)NCCCNC(=NC)NCc1coc(-c2ccccc2)n1. The molecule has 26 heavy (non-hydrogen) atoms. The van der Waals surface area contributed by atoms with E-state index in [2.05, 4.69) is 25.3 Å². The second kappa shape index (κ2) is 9.93. The number of benzene rings is 1. The molecule has 8 nitrogen and oxygen atoms in total. The van der Waals surface area contributed by atoms with Gasteiger partial charge in [-0.3, -0.25) is 4.99 Å². The van der Waals surface area contributed by atoms with Gasteiger partial charge in [-0.1, -0.05) is 18.2 Å². The van der Waals surface area contributed by atoms with Gasteiger partial charge in [0.2, 0.25) is 15.9 Å².